The number of carbonyl (C=O) groups excluding carboxylic acids is 1. The van der Waals surface area contributed by atoms with Crippen LogP contribution in [0.15, 0.2) is 47.4 Å². The van der Waals surface area contributed by atoms with Crippen LogP contribution in [0, 0.1) is 6.92 Å². The molecule has 0 spiro atoms. The zero-order valence-corrected chi connectivity index (χ0v) is 12.6. The molecule has 0 saturated heterocycles. The molecule has 0 aliphatic heterocycles. The van der Waals surface area contributed by atoms with Crippen molar-refractivity contribution in [2.45, 2.75) is 11.8 Å². The summed E-state index contributed by atoms with van der Waals surface area (Å²) in [6, 6.07) is 10.5. The number of aryl methyl sites for hydroxylation is 1. The second kappa shape index (κ2) is 5.85. The Bertz CT molecular complexity index is 785. The summed E-state index contributed by atoms with van der Waals surface area (Å²) in [5, 5.41) is 2.60. The Kier molecular flexibility index (Phi) is 4.32. The van der Waals surface area contributed by atoms with Gasteiger partial charge in [-0.3, -0.25) is 9.35 Å². The molecule has 7 heteroatoms. The van der Waals surface area contributed by atoms with E-state index in [1.165, 1.54) is 6.07 Å². The fourth-order valence-electron chi connectivity index (χ4n) is 1.66. The molecule has 110 valence electrons. The summed E-state index contributed by atoms with van der Waals surface area (Å²) in [5.41, 5.74) is 1.74. The van der Waals surface area contributed by atoms with Crippen molar-refractivity contribution in [3.63, 3.8) is 0 Å². The number of hydrogen-bond donors (Lipinski definition) is 2. The molecular formula is C14H12ClNO4S. The third-order valence-electron chi connectivity index (χ3n) is 2.80. The molecule has 2 rings (SSSR count). The lowest BCUT2D eigenvalue weighted by Gasteiger charge is -2.08. The van der Waals surface area contributed by atoms with Crippen molar-refractivity contribution in [1.29, 1.82) is 0 Å². The van der Waals surface area contributed by atoms with Gasteiger partial charge in [-0.2, -0.15) is 8.42 Å². The maximum atomic E-state index is 12.0. The van der Waals surface area contributed by atoms with E-state index in [4.69, 9.17) is 16.2 Å². The summed E-state index contributed by atoms with van der Waals surface area (Å²) in [6.45, 7) is 1.91. The highest BCUT2D eigenvalue weighted by Gasteiger charge is 2.13. The number of anilines is 1. The average Bonchev–Trinajstić information content (AvgIpc) is 2.40. The lowest BCUT2D eigenvalue weighted by Crippen LogP contribution is -2.12. The summed E-state index contributed by atoms with van der Waals surface area (Å²) in [4.78, 5) is 11.7. The number of amides is 1. The third kappa shape index (κ3) is 3.81. The summed E-state index contributed by atoms with van der Waals surface area (Å²) < 4.78 is 30.9. The van der Waals surface area contributed by atoms with Crippen LogP contribution in [-0.2, 0) is 10.1 Å². The minimum absolute atomic E-state index is 0.0191. The lowest BCUT2D eigenvalue weighted by atomic mass is 10.1. The highest BCUT2D eigenvalue weighted by Crippen LogP contribution is 2.25. The fourth-order valence-corrected chi connectivity index (χ4v) is 2.46. The Morgan fingerprint density at radius 1 is 1.14 bits per heavy atom. The Morgan fingerprint density at radius 2 is 1.76 bits per heavy atom. The SMILES string of the molecule is Cc1ccc(C(=O)Nc2ccc(S(=O)(=O)O)cc2Cl)cc1. The van der Waals surface area contributed by atoms with E-state index in [9.17, 15) is 13.2 Å². The van der Waals surface area contributed by atoms with E-state index < -0.39 is 10.1 Å². The van der Waals surface area contributed by atoms with Crippen LogP contribution in [0.5, 0.6) is 0 Å². The van der Waals surface area contributed by atoms with Gasteiger partial charge in [-0.15, -0.1) is 0 Å². The van der Waals surface area contributed by atoms with E-state index in [2.05, 4.69) is 5.32 Å². The molecule has 0 fully saturated rings. The van der Waals surface area contributed by atoms with Crippen LogP contribution in [0.25, 0.3) is 0 Å². The van der Waals surface area contributed by atoms with Gasteiger partial charge < -0.3 is 5.32 Å². The quantitative estimate of drug-likeness (QED) is 0.849. The minimum Gasteiger partial charge on any atom is -0.321 e. The average molecular weight is 326 g/mol. The monoisotopic (exact) mass is 325 g/mol. The second-order valence-electron chi connectivity index (χ2n) is 4.44. The smallest absolute Gasteiger partial charge is 0.294 e. The van der Waals surface area contributed by atoms with E-state index in [0.717, 1.165) is 17.7 Å². The zero-order chi connectivity index (χ0) is 15.6. The molecule has 0 atom stereocenters. The van der Waals surface area contributed by atoms with Crippen LogP contribution in [0.2, 0.25) is 5.02 Å². The van der Waals surface area contributed by atoms with Gasteiger partial charge in [-0.1, -0.05) is 29.3 Å². The first kappa shape index (κ1) is 15.5. The first-order valence-corrected chi connectivity index (χ1v) is 7.74. The molecule has 0 radical (unpaired) electrons. The number of rotatable bonds is 3. The Morgan fingerprint density at radius 3 is 2.29 bits per heavy atom. The predicted molar refractivity (Wildman–Crippen MR) is 80.4 cm³/mol. The summed E-state index contributed by atoms with van der Waals surface area (Å²) in [7, 11) is -4.32. The second-order valence-corrected chi connectivity index (χ2v) is 6.27. The number of benzene rings is 2. The van der Waals surface area contributed by atoms with Gasteiger partial charge in [0, 0.05) is 5.56 Å². The zero-order valence-electron chi connectivity index (χ0n) is 11.0. The van der Waals surface area contributed by atoms with Gasteiger partial charge in [0.15, 0.2) is 0 Å². The predicted octanol–water partition coefficient (Wildman–Crippen LogP) is 3.15. The van der Waals surface area contributed by atoms with Crippen molar-refractivity contribution in [1.82, 2.24) is 0 Å². The molecule has 5 nitrogen and oxygen atoms in total. The molecule has 0 aliphatic carbocycles. The molecule has 1 amide bonds. The van der Waals surface area contributed by atoms with Crippen molar-refractivity contribution < 1.29 is 17.8 Å². The van der Waals surface area contributed by atoms with Crippen LogP contribution in [0.1, 0.15) is 15.9 Å². The van der Waals surface area contributed by atoms with E-state index in [1.54, 1.807) is 24.3 Å². The topological polar surface area (TPSA) is 83.5 Å². The Balaban J connectivity index is 2.24. The number of halogens is 1. The van der Waals surface area contributed by atoms with Crippen LogP contribution in [0.3, 0.4) is 0 Å². The van der Waals surface area contributed by atoms with Crippen molar-refractivity contribution in [2.75, 3.05) is 5.32 Å². The van der Waals surface area contributed by atoms with Gasteiger partial charge in [-0.05, 0) is 37.3 Å². The number of hydrogen-bond acceptors (Lipinski definition) is 3. The molecule has 0 aliphatic rings. The van der Waals surface area contributed by atoms with Crippen molar-refractivity contribution in [3.8, 4) is 0 Å². The van der Waals surface area contributed by atoms with Crippen molar-refractivity contribution in [2.24, 2.45) is 0 Å². The van der Waals surface area contributed by atoms with E-state index in [0.29, 0.717) is 5.56 Å². The van der Waals surface area contributed by atoms with Crippen molar-refractivity contribution in [3.05, 3.63) is 58.6 Å². The highest BCUT2D eigenvalue weighted by molar-refractivity contribution is 7.85. The molecule has 2 aromatic carbocycles. The van der Waals surface area contributed by atoms with E-state index in [1.807, 2.05) is 6.92 Å². The maximum absolute atomic E-state index is 12.0. The number of carbonyl (C=O) groups is 1. The molecule has 21 heavy (non-hydrogen) atoms. The minimum atomic E-state index is -4.32. The summed E-state index contributed by atoms with van der Waals surface area (Å²) in [5.74, 6) is -0.364. The molecule has 0 unspecified atom stereocenters. The van der Waals surface area contributed by atoms with E-state index >= 15 is 0 Å². The molecule has 0 bridgehead atoms. The highest BCUT2D eigenvalue weighted by atomic mass is 35.5. The van der Waals surface area contributed by atoms with Crippen LogP contribution in [-0.4, -0.2) is 18.9 Å². The van der Waals surface area contributed by atoms with Crippen molar-refractivity contribution >= 4 is 33.3 Å². The van der Waals surface area contributed by atoms with Gasteiger partial charge >= 0.3 is 0 Å². The van der Waals surface area contributed by atoms with Gasteiger partial charge in [0.2, 0.25) is 0 Å². The lowest BCUT2D eigenvalue weighted by molar-refractivity contribution is 0.102. The molecule has 2 aromatic rings. The summed E-state index contributed by atoms with van der Waals surface area (Å²) >= 11 is 5.90. The Hall–Kier alpha value is -1.89. The third-order valence-corrected chi connectivity index (χ3v) is 3.96. The van der Waals surface area contributed by atoms with Crippen LogP contribution >= 0.6 is 11.6 Å². The summed E-state index contributed by atoms with van der Waals surface area (Å²) in [6.07, 6.45) is 0. The molecule has 0 aromatic heterocycles. The maximum Gasteiger partial charge on any atom is 0.294 e. The van der Waals surface area contributed by atoms with Gasteiger partial charge in [0.05, 0.1) is 15.6 Å². The molecule has 0 saturated carbocycles. The first-order chi connectivity index (χ1) is 9.77. The normalized spacial score (nSPS) is 11.2. The van der Waals surface area contributed by atoms with Gasteiger partial charge in [0.25, 0.3) is 16.0 Å². The fraction of sp³-hybridized carbons (Fsp3) is 0.0714. The van der Waals surface area contributed by atoms with Gasteiger partial charge in [-0.25, -0.2) is 0 Å². The van der Waals surface area contributed by atoms with Gasteiger partial charge in [0.1, 0.15) is 0 Å². The van der Waals surface area contributed by atoms with E-state index in [-0.39, 0.29) is 21.5 Å². The Labute approximate surface area is 127 Å². The first-order valence-electron chi connectivity index (χ1n) is 5.92. The molecule has 2 N–H and O–H groups in total. The number of nitrogens with one attached hydrogen (secondary N) is 1. The molecule has 0 heterocycles. The standard InChI is InChI=1S/C14H12ClNO4S/c1-9-2-4-10(5-3-9)14(17)16-13-7-6-11(8-12(13)15)21(18,19)20/h2-8H,1H3,(H,16,17)(H,18,19,20). The van der Waals surface area contributed by atoms with Crippen LogP contribution in [0.4, 0.5) is 5.69 Å². The van der Waals surface area contributed by atoms with Crippen LogP contribution < -0.4 is 5.32 Å². The molecular weight excluding hydrogens is 314 g/mol. The largest absolute Gasteiger partial charge is 0.321 e.